The SMILES string of the molecule is COCO[C@H]([C@@H](C)[C@H](O[Si](C(C)C)(C(C)C)C(C)C)[C@@H](C)C/C(C)=C\[C@H](C)[C@@H](O[Si](C(C)C)(C(C)C)C(C)C)[C@@H](C)C=O)[C@@H](C)COCc1ccc(OC)cc1. The summed E-state index contributed by atoms with van der Waals surface area (Å²) < 4.78 is 38.9. The second-order valence-corrected chi connectivity index (χ2v) is 29.9. The lowest BCUT2D eigenvalue weighted by atomic mass is 9.81. The number of ether oxygens (including phenoxy) is 4. The number of allylic oxidation sites excluding steroid dienone is 1. The highest BCUT2D eigenvalue weighted by molar-refractivity contribution is 6.78. The minimum Gasteiger partial charge on any atom is -0.497 e. The molecule has 0 saturated carbocycles. The Hall–Kier alpha value is -1.34. The maximum absolute atomic E-state index is 12.4. The number of aldehydes is 1. The van der Waals surface area contributed by atoms with Crippen LogP contribution in [0.1, 0.15) is 137 Å². The third kappa shape index (κ3) is 13.9. The van der Waals surface area contributed by atoms with Crippen LogP contribution in [0.2, 0.25) is 33.2 Å². The summed E-state index contributed by atoms with van der Waals surface area (Å²) in [6.07, 6.45) is 3.98. The zero-order chi connectivity index (χ0) is 43.1. The molecule has 0 N–H and O–H groups in total. The molecule has 0 spiro atoms. The fraction of sp³-hybridized carbons (Fsp3) is 0.809. The molecule has 1 rings (SSSR count). The van der Waals surface area contributed by atoms with Crippen molar-refractivity contribution in [3.63, 3.8) is 0 Å². The number of benzene rings is 1. The largest absolute Gasteiger partial charge is 0.497 e. The predicted molar refractivity (Wildman–Crippen MR) is 241 cm³/mol. The van der Waals surface area contributed by atoms with Crippen LogP contribution in [0.3, 0.4) is 0 Å². The molecule has 8 atom stereocenters. The highest BCUT2D eigenvalue weighted by Crippen LogP contribution is 2.47. The normalized spacial score (nSPS) is 17.8. The van der Waals surface area contributed by atoms with Crippen LogP contribution in [0, 0.1) is 29.6 Å². The molecule has 0 aliphatic heterocycles. The minimum atomic E-state index is -2.29. The first-order chi connectivity index (χ1) is 26.1. The van der Waals surface area contributed by atoms with Gasteiger partial charge >= 0.3 is 0 Å². The van der Waals surface area contributed by atoms with Gasteiger partial charge in [-0.2, -0.15) is 0 Å². The van der Waals surface area contributed by atoms with Gasteiger partial charge < -0.3 is 32.6 Å². The lowest BCUT2D eigenvalue weighted by Gasteiger charge is -2.48. The fourth-order valence-electron chi connectivity index (χ4n) is 10.4. The van der Waals surface area contributed by atoms with Gasteiger partial charge in [-0.15, -0.1) is 0 Å². The van der Waals surface area contributed by atoms with Crippen LogP contribution in [0.15, 0.2) is 35.9 Å². The number of hydrogen-bond donors (Lipinski definition) is 0. The van der Waals surface area contributed by atoms with Crippen molar-refractivity contribution in [2.45, 2.75) is 189 Å². The van der Waals surface area contributed by atoms with E-state index in [2.05, 4.69) is 124 Å². The average Bonchev–Trinajstić information content (AvgIpc) is 3.11. The molecule has 1 aromatic carbocycles. The zero-order valence-electron chi connectivity index (χ0n) is 39.7. The Morgan fingerprint density at radius 2 is 1.09 bits per heavy atom. The summed E-state index contributed by atoms with van der Waals surface area (Å²) in [5, 5.41) is 0. The van der Waals surface area contributed by atoms with Crippen molar-refractivity contribution in [2.75, 3.05) is 27.6 Å². The highest BCUT2D eigenvalue weighted by Gasteiger charge is 2.50. The van der Waals surface area contributed by atoms with Gasteiger partial charge in [0.25, 0.3) is 0 Å². The van der Waals surface area contributed by atoms with E-state index in [1.807, 2.05) is 31.2 Å². The molecule has 0 unspecified atom stereocenters. The Balaban J connectivity index is 3.62. The molecule has 0 aromatic heterocycles. The fourth-order valence-corrected chi connectivity index (χ4v) is 21.8. The van der Waals surface area contributed by atoms with E-state index >= 15 is 0 Å². The molecule has 0 aliphatic carbocycles. The number of hydrogen-bond acceptors (Lipinski definition) is 7. The molecule has 0 radical (unpaired) electrons. The van der Waals surface area contributed by atoms with Gasteiger partial charge in [0.05, 0.1) is 38.6 Å². The van der Waals surface area contributed by atoms with Gasteiger partial charge in [-0.1, -0.05) is 141 Å². The summed E-state index contributed by atoms with van der Waals surface area (Å²) in [6.45, 7) is 42.8. The Morgan fingerprint density at radius 1 is 0.625 bits per heavy atom. The molecule has 0 amide bonds. The van der Waals surface area contributed by atoms with Crippen molar-refractivity contribution in [3.8, 4) is 5.75 Å². The molecule has 56 heavy (non-hydrogen) atoms. The Kier molecular flexibility index (Phi) is 23.2. The second kappa shape index (κ2) is 24.7. The molecule has 9 heteroatoms. The van der Waals surface area contributed by atoms with Gasteiger partial charge in [0.1, 0.15) is 18.8 Å². The van der Waals surface area contributed by atoms with E-state index in [9.17, 15) is 4.79 Å². The van der Waals surface area contributed by atoms with Gasteiger partial charge in [0.15, 0.2) is 0 Å². The average molecular weight is 821 g/mol. The smallest absolute Gasteiger partial charge is 0.200 e. The first-order valence-corrected chi connectivity index (χ1v) is 26.2. The maximum atomic E-state index is 12.4. The van der Waals surface area contributed by atoms with Crippen molar-refractivity contribution in [1.29, 1.82) is 0 Å². The molecule has 0 fully saturated rings. The van der Waals surface area contributed by atoms with Crippen LogP contribution in [0.5, 0.6) is 5.75 Å². The van der Waals surface area contributed by atoms with E-state index in [1.54, 1.807) is 14.2 Å². The standard InChI is InChI=1S/C47H88O7Si2/c1-31(2)55(32(3)4,33(5)6)53-45(40(16)27-48)38(14)25-37(13)26-39(15)47(54-56(34(7)8,35(9)10)36(11)12)42(18)46(52-30-49-19)41(17)28-51-29-43-21-23-44(50-20)24-22-43/h21-25,27,31-36,38-42,45-47H,26,28-30H2,1-20H3/b37-25-/t38-,39-,40-,41-,42+,45+,46-,47+/m0/s1. The number of methoxy groups -OCH3 is 2. The van der Waals surface area contributed by atoms with E-state index in [0.29, 0.717) is 46.5 Å². The van der Waals surface area contributed by atoms with Crippen molar-refractivity contribution in [1.82, 2.24) is 0 Å². The summed E-state index contributed by atoms with van der Waals surface area (Å²) in [7, 11) is -1.14. The zero-order valence-corrected chi connectivity index (χ0v) is 41.7. The number of carbonyl (C=O) groups is 1. The first-order valence-electron chi connectivity index (χ1n) is 21.9. The highest BCUT2D eigenvalue weighted by atomic mass is 28.4. The molecule has 7 nitrogen and oxygen atoms in total. The number of carbonyl (C=O) groups excluding carboxylic acids is 1. The molecule has 326 valence electrons. The quantitative estimate of drug-likeness (QED) is 0.0361. The third-order valence-electron chi connectivity index (χ3n) is 12.9. The van der Waals surface area contributed by atoms with Crippen molar-refractivity contribution in [2.24, 2.45) is 29.6 Å². The van der Waals surface area contributed by atoms with E-state index in [4.69, 9.17) is 27.8 Å². The molecule has 1 aromatic rings. The van der Waals surface area contributed by atoms with Crippen molar-refractivity contribution >= 4 is 22.9 Å². The monoisotopic (exact) mass is 821 g/mol. The van der Waals surface area contributed by atoms with Gasteiger partial charge in [-0.3, -0.25) is 0 Å². The molecule has 0 aliphatic rings. The van der Waals surface area contributed by atoms with Crippen LogP contribution in [-0.4, -0.2) is 68.9 Å². The molecule has 0 saturated heterocycles. The molecular weight excluding hydrogens is 733 g/mol. The summed E-state index contributed by atoms with van der Waals surface area (Å²) in [4.78, 5) is 12.4. The van der Waals surface area contributed by atoms with Crippen molar-refractivity contribution < 1.29 is 32.6 Å². The van der Waals surface area contributed by atoms with Gasteiger partial charge in [0.2, 0.25) is 16.6 Å². The summed E-state index contributed by atoms with van der Waals surface area (Å²) in [5.41, 5.74) is 5.07. The van der Waals surface area contributed by atoms with Crippen molar-refractivity contribution in [3.05, 3.63) is 41.5 Å². The van der Waals surface area contributed by atoms with E-state index in [0.717, 1.165) is 24.0 Å². The van der Waals surface area contributed by atoms with Gasteiger partial charge in [-0.25, -0.2) is 0 Å². The maximum Gasteiger partial charge on any atom is 0.200 e. The molecule has 0 bridgehead atoms. The Labute approximate surface area is 348 Å². The molecular formula is C47H88O7Si2. The molecule has 0 heterocycles. The minimum absolute atomic E-state index is 0.0535. The van der Waals surface area contributed by atoms with E-state index in [1.165, 1.54) is 5.57 Å². The Bertz CT molecular complexity index is 1220. The lowest BCUT2D eigenvalue weighted by molar-refractivity contribution is -0.137. The summed E-state index contributed by atoms with van der Waals surface area (Å²) in [5.74, 6) is 1.08. The topological polar surface area (TPSA) is 72.5 Å². The van der Waals surface area contributed by atoms with E-state index < -0.39 is 16.6 Å². The summed E-state index contributed by atoms with van der Waals surface area (Å²) >= 11 is 0. The van der Waals surface area contributed by atoms with Crippen LogP contribution < -0.4 is 4.74 Å². The Morgan fingerprint density at radius 3 is 1.50 bits per heavy atom. The van der Waals surface area contributed by atoms with Crippen LogP contribution in [0.4, 0.5) is 0 Å². The van der Waals surface area contributed by atoms with Crippen LogP contribution in [-0.2, 0) is 34.5 Å². The second-order valence-electron chi connectivity index (χ2n) is 19.1. The first kappa shape index (κ1) is 52.7. The summed E-state index contributed by atoms with van der Waals surface area (Å²) in [6, 6.07) is 8.04. The van der Waals surface area contributed by atoms with E-state index in [-0.39, 0.29) is 54.7 Å². The van der Waals surface area contributed by atoms with Gasteiger partial charge in [0, 0.05) is 24.9 Å². The lowest BCUT2D eigenvalue weighted by Crippen LogP contribution is -2.54. The van der Waals surface area contributed by atoms with Crippen LogP contribution in [0.25, 0.3) is 0 Å². The van der Waals surface area contributed by atoms with Crippen LogP contribution >= 0.6 is 0 Å². The third-order valence-corrected chi connectivity index (χ3v) is 25.1. The number of rotatable bonds is 28. The predicted octanol–water partition coefficient (Wildman–Crippen LogP) is 13.0. The van der Waals surface area contributed by atoms with Gasteiger partial charge in [-0.05, 0) is 76.1 Å².